The van der Waals surface area contributed by atoms with Gasteiger partial charge in [0.2, 0.25) is 0 Å². The molecule has 0 spiro atoms. The van der Waals surface area contributed by atoms with E-state index in [9.17, 15) is 23.7 Å². The third-order valence-electron chi connectivity index (χ3n) is 1.98. The minimum Gasteiger partial charge on any atom is -0.462 e. The lowest BCUT2D eigenvalue weighted by atomic mass is 10.1. The molecule has 1 rings (SSSR count). The van der Waals surface area contributed by atoms with Crippen molar-refractivity contribution in [1.82, 2.24) is 4.98 Å². The molecular formula is C9H9F2N3O4. The Morgan fingerprint density at radius 2 is 2.28 bits per heavy atom. The Kier molecular flexibility index (Phi) is 4.08. The highest BCUT2D eigenvalue weighted by molar-refractivity contribution is 5.97. The Bertz CT molecular complexity index is 493. The summed E-state index contributed by atoms with van der Waals surface area (Å²) in [7, 11) is 0. The molecule has 0 aromatic carbocycles. The number of halogens is 2. The fourth-order valence-electron chi connectivity index (χ4n) is 1.30. The molecule has 18 heavy (non-hydrogen) atoms. The number of anilines is 1. The second-order valence-electron chi connectivity index (χ2n) is 3.10. The van der Waals surface area contributed by atoms with Gasteiger partial charge < -0.3 is 10.5 Å². The van der Waals surface area contributed by atoms with Gasteiger partial charge in [0.25, 0.3) is 6.43 Å². The maximum absolute atomic E-state index is 12.7. The van der Waals surface area contributed by atoms with E-state index in [1.807, 2.05) is 0 Å². The molecule has 1 aromatic rings. The van der Waals surface area contributed by atoms with Crippen LogP contribution < -0.4 is 5.73 Å². The second kappa shape index (κ2) is 5.34. The van der Waals surface area contributed by atoms with Gasteiger partial charge in [-0.1, -0.05) is 0 Å². The zero-order chi connectivity index (χ0) is 13.9. The molecule has 0 bridgehead atoms. The molecule has 1 aromatic heterocycles. The first-order chi connectivity index (χ1) is 8.40. The molecule has 0 aliphatic carbocycles. The predicted molar refractivity (Wildman–Crippen MR) is 56.2 cm³/mol. The van der Waals surface area contributed by atoms with E-state index in [1.165, 1.54) is 6.92 Å². The average Bonchev–Trinajstić information content (AvgIpc) is 2.27. The van der Waals surface area contributed by atoms with Gasteiger partial charge in [0.1, 0.15) is 11.4 Å². The number of ether oxygens (including phenoxy) is 1. The quantitative estimate of drug-likeness (QED) is 0.501. The zero-order valence-corrected chi connectivity index (χ0v) is 9.22. The molecule has 0 fully saturated rings. The fourth-order valence-corrected chi connectivity index (χ4v) is 1.30. The number of carbonyl (C=O) groups excluding carboxylic acids is 1. The van der Waals surface area contributed by atoms with Crippen molar-refractivity contribution in [1.29, 1.82) is 0 Å². The van der Waals surface area contributed by atoms with Gasteiger partial charge in [0.05, 0.1) is 17.7 Å². The van der Waals surface area contributed by atoms with Crippen LogP contribution in [0, 0.1) is 10.1 Å². The van der Waals surface area contributed by atoms with E-state index < -0.39 is 40.0 Å². The van der Waals surface area contributed by atoms with Crippen LogP contribution in [0.2, 0.25) is 0 Å². The number of carbonyl (C=O) groups is 1. The first-order valence-corrected chi connectivity index (χ1v) is 4.78. The lowest BCUT2D eigenvalue weighted by molar-refractivity contribution is -0.384. The van der Waals surface area contributed by atoms with Crippen molar-refractivity contribution < 1.29 is 23.2 Å². The van der Waals surface area contributed by atoms with Crippen LogP contribution in [0.1, 0.15) is 29.4 Å². The Balaban J connectivity index is 3.53. The lowest BCUT2D eigenvalue weighted by Gasteiger charge is -2.09. The summed E-state index contributed by atoms with van der Waals surface area (Å²) in [5, 5.41) is 10.8. The molecule has 0 saturated heterocycles. The summed E-state index contributed by atoms with van der Waals surface area (Å²) in [6.07, 6.45) is -2.44. The maximum Gasteiger partial charge on any atom is 0.347 e. The van der Waals surface area contributed by atoms with Crippen LogP contribution in [0.15, 0.2) is 6.20 Å². The molecule has 7 nitrogen and oxygen atoms in total. The summed E-state index contributed by atoms with van der Waals surface area (Å²) in [5.74, 6) is -1.25. The third-order valence-corrected chi connectivity index (χ3v) is 1.98. The normalized spacial score (nSPS) is 10.4. The molecule has 0 aliphatic rings. The smallest absolute Gasteiger partial charge is 0.347 e. The Labute approximate surface area is 99.7 Å². The molecular weight excluding hydrogens is 252 g/mol. The van der Waals surface area contributed by atoms with Crippen molar-refractivity contribution in [2.24, 2.45) is 0 Å². The average molecular weight is 261 g/mol. The summed E-state index contributed by atoms with van der Waals surface area (Å²) in [6, 6.07) is 0. The Morgan fingerprint density at radius 1 is 1.67 bits per heavy atom. The van der Waals surface area contributed by atoms with E-state index in [0.717, 1.165) is 0 Å². The summed E-state index contributed by atoms with van der Waals surface area (Å²) in [4.78, 5) is 24.5. The molecule has 0 saturated carbocycles. The Morgan fingerprint density at radius 3 is 2.72 bits per heavy atom. The lowest BCUT2D eigenvalue weighted by Crippen LogP contribution is -2.14. The first-order valence-electron chi connectivity index (χ1n) is 4.78. The number of nitro groups is 1. The van der Waals surface area contributed by atoms with E-state index in [2.05, 4.69) is 9.72 Å². The third kappa shape index (κ3) is 2.50. The maximum atomic E-state index is 12.7. The van der Waals surface area contributed by atoms with E-state index in [0.29, 0.717) is 6.20 Å². The SMILES string of the molecule is CCOC(=O)c1c(C(F)F)ncc(N)c1[N+](=O)[O-]. The van der Waals surface area contributed by atoms with Gasteiger partial charge in [-0.2, -0.15) is 0 Å². The van der Waals surface area contributed by atoms with Crippen LogP contribution in [0.3, 0.4) is 0 Å². The number of pyridine rings is 1. The minimum absolute atomic E-state index is 0.118. The predicted octanol–water partition coefficient (Wildman–Crippen LogP) is 1.69. The van der Waals surface area contributed by atoms with Crippen LogP contribution in [0.5, 0.6) is 0 Å². The highest BCUT2D eigenvalue weighted by Gasteiger charge is 2.33. The topological polar surface area (TPSA) is 108 Å². The first kappa shape index (κ1) is 13.7. The number of nitrogens with zero attached hydrogens (tertiary/aromatic N) is 2. The molecule has 0 atom stereocenters. The highest BCUT2D eigenvalue weighted by atomic mass is 19.3. The van der Waals surface area contributed by atoms with Gasteiger partial charge in [-0.3, -0.25) is 15.1 Å². The number of esters is 1. The number of aromatic nitrogens is 1. The summed E-state index contributed by atoms with van der Waals surface area (Å²) in [6.45, 7) is 1.32. The van der Waals surface area contributed by atoms with Gasteiger partial charge in [-0.15, -0.1) is 0 Å². The van der Waals surface area contributed by atoms with Crippen molar-refractivity contribution in [3.05, 3.63) is 27.6 Å². The van der Waals surface area contributed by atoms with Gasteiger partial charge >= 0.3 is 11.7 Å². The highest BCUT2D eigenvalue weighted by Crippen LogP contribution is 2.32. The summed E-state index contributed by atoms with van der Waals surface area (Å²) >= 11 is 0. The van der Waals surface area contributed by atoms with E-state index in [-0.39, 0.29) is 6.61 Å². The Hall–Kier alpha value is -2.32. The van der Waals surface area contributed by atoms with E-state index in [1.54, 1.807) is 0 Å². The fraction of sp³-hybridized carbons (Fsp3) is 0.333. The molecule has 0 radical (unpaired) electrons. The monoisotopic (exact) mass is 261 g/mol. The summed E-state index contributed by atoms with van der Waals surface area (Å²) < 4.78 is 29.8. The van der Waals surface area contributed by atoms with Gasteiger partial charge in [-0.25, -0.2) is 13.6 Å². The molecule has 98 valence electrons. The van der Waals surface area contributed by atoms with Crippen LogP contribution in [0.25, 0.3) is 0 Å². The molecule has 0 amide bonds. The zero-order valence-electron chi connectivity index (χ0n) is 9.22. The minimum atomic E-state index is -3.15. The van der Waals surface area contributed by atoms with Crippen molar-refractivity contribution in [2.75, 3.05) is 12.3 Å². The molecule has 0 aliphatic heterocycles. The van der Waals surface area contributed by atoms with Crippen LogP contribution in [-0.2, 0) is 4.74 Å². The van der Waals surface area contributed by atoms with Crippen LogP contribution >= 0.6 is 0 Å². The van der Waals surface area contributed by atoms with Crippen LogP contribution in [-0.4, -0.2) is 22.5 Å². The number of rotatable bonds is 4. The van der Waals surface area contributed by atoms with E-state index >= 15 is 0 Å². The van der Waals surface area contributed by atoms with Gasteiger partial charge in [0.15, 0.2) is 5.56 Å². The summed E-state index contributed by atoms with van der Waals surface area (Å²) in [5.41, 5.74) is 1.95. The standard InChI is InChI=1S/C9H9F2N3O4/c1-2-18-9(15)5-6(8(10)11)13-3-4(12)7(5)14(16)17/h3,8H,2,12H2,1H3. The number of alkyl halides is 2. The van der Waals surface area contributed by atoms with Crippen LogP contribution in [0.4, 0.5) is 20.2 Å². The molecule has 9 heteroatoms. The molecule has 0 unspecified atom stereocenters. The molecule has 2 N–H and O–H groups in total. The molecule has 1 heterocycles. The van der Waals surface area contributed by atoms with Crippen molar-refractivity contribution in [2.45, 2.75) is 13.3 Å². The van der Waals surface area contributed by atoms with E-state index in [4.69, 9.17) is 5.73 Å². The number of hydrogen-bond donors (Lipinski definition) is 1. The largest absolute Gasteiger partial charge is 0.462 e. The van der Waals surface area contributed by atoms with Crippen molar-refractivity contribution in [3.8, 4) is 0 Å². The number of nitrogen functional groups attached to an aromatic ring is 1. The van der Waals surface area contributed by atoms with Crippen molar-refractivity contribution in [3.63, 3.8) is 0 Å². The van der Waals surface area contributed by atoms with Crippen molar-refractivity contribution >= 4 is 17.3 Å². The number of hydrogen-bond acceptors (Lipinski definition) is 6. The second-order valence-corrected chi connectivity index (χ2v) is 3.10. The number of nitrogens with two attached hydrogens (primary N) is 1. The van der Waals surface area contributed by atoms with Gasteiger partial charge in [0, 0.05) is 0 Å². The van der Waals surface area contributed by atoms with Gasteiger partial charge in [-0.05, 0) is 6.92 Å².